The van der Waals surface area contributed by atoms with E-state index in [1.807, 2.05) is 0 Å². The first-order valence-corrected chi connectivity index (χ1v) is 0.926. The van der Waals surface area contributed by atoms with Crippen LogP contribution in [0.25, 0.3) is 0 Å². The third-order valence-electron chi connectivity index (χ3n) is 0. The summed E-state index contributed by atoms with van der Waals surface area (Å²) in [5.74, 6) is 0. The maximum absolute atomic E-state index is 4.26. The second-order valence-electron chi connectivity index (χ2n) is 0.0583. The zero-order chi connectivity index (χ0) is 2.71. The monoisotopic (exact) mass is 142 g/mol. The van der Waals surface area contributed by atoms with Gasteiger partial charge in [0.25, 0.3) is 0 Å². The first kappa shape index (κ1) is 8.91. The van der Waals surface area contributed by atoms with Gasteiger partial charge in [0.15, 0.2) is 0 Å². The van der Waals surface area contributed by atoms with Crippen LogP contribution in [-0.2, 0) is 20.9 Å². The van der Waals surface area contributed by atoms with E-state index in [1.54, 1.807) is 0 Å². The van der Waals surface area contributed by atoms with E-state index in [9.17, 15) is 0 Å². The fraction of sp³-hybridized carbons (Fsp3) is 0. The molecule has 0 aromatic rings. The van der Waals surface area contributed by atoms with Crippen LogP contribution in [0.1, 0.15) is 0 Å². The molecule has 0 heterocycles. The fourth-order valence-electron chi connectivity index (χ4n) is 0. The third kappa shape index (κ3) is 11.6. The Morgan fingerprint density at radius 1 is 1.25 bits per heavy atom. The molecular weight excluding hydrogens is 143 g/mol. The van der Waals surface area contributed by atoms with E-state index in [4.69, 9.17) is 0 Å². The fourth-order valence-corrected chi connectivity index (χ4v) is 0. The molecule has 0 atom stereocenters. The molecule has 0 spiro atoms. The summed E-state index contributed by atoms with van der Waals surface area (Å²) in [4.78, 5) is 0. The molecule has 0 amide bonds. The molecule has 0 N–H and O–H groups in total. The average Bonchev–Trinajstić information content (AvgIpc) is 0.918. The summed E-state index contributed by atoms with van der Waals surface area (Å²) in [7, 11) is 0. The first-order valence-electron chi connectivity index (χ1n) is 0.309. The van der Waals surface area contributed by atoms with Crippen LogP contribution in [0.15, 0.2) is 0 Å². The summed E-state index contributed by atoms with van der Waals surface area (Å²) in [6.07, 6.45) is 0. The SMILES string of the molecule is ClOCl.[Fe]. The molecule has 4 heteroatoms. The topological polar surface area (TPSA) is 9.23 Å². The van der Waals surface area contributed by atoms with Crippen LogP contribution in [0.3, 0.4) is 0 Å². The van der Waals surface area contributed by atoms with Crippen LogP contribution < -0.4 is 0 Å². The standard InChI is InChI=1S/Cl2O.Fe/c1-3-2;. The van der Waals surface area contributed by atoms with E-state index in [1.165, 1.54) is 0 Å². The molecule has 0 aromatic heterocycles. The molecule has 0 fully saturated rings. The van der Waals surface area contributed by atoms with Gasteiger partial charge < -0.3 is 0 Å². The normalized spacial score (nSPS) is 4.50. The number of rotatable bonds is 0. The first-order chi connectivity index (χ1) is 1.41. The van der Waals surface area contributed by atoms with Crippen molar-refractivity contribution in [1.29, 1.82) is 0 Å². The Morgan fingerprint density at radius 2 is 1.25 bits per heavy atom. The van der Waals surface area contributed by atoms with Crippen molar-refractivity contribution in [3.8, 4) is 0 Å². The molecule has 0 unspecified atom stereocenters. The third-order valence-corrected chi connectivity index (χ3v) is 0. The largest absolute Gasteiger partial charge is 0.166 e. The summed E-state index contributed by atoms with van der Waals surface area (Å²) in [6.45, 7) is 0. The van der Waals surface area contributed by atoms with Gasteiger partial charge in [0.2, 0.25) is 0 Å². The molecule has 0 aliphatic carbocycles. The van der Waals surface area contributed by atoms with Crippen molar-refractivity contribution in [2.24, 2.45) is 0 Å². The van der Waals surface area contributed by atoms with E-state index in [-0.39, 0.29) is 17.1 Å². The van der Waals surface area contributed by atoms with Crippen LogP contribution in [0.2, 0.25) is 0 Å². The molecular formula is Cl2FeO. The van der Waals surface area contributed by atoms with Gasteiger partial charge >= 0.3 is 0 Å². The van der Waals surface area contributed by atoms with Crippen molar-refractivity contribution < 1.29 is 20.9 Å². The van der Waals surface area contributed by atoms with Crippen LogP contribution in [0.5, 0.6) is 0 Å². The van der Waals surface area contributed by atoms with Gasteiger partial charge in [-0.05, 0) is 0 Å². The zero-order valence-electron chi connectivity index (χ0n) is 1.52. The summed E-state index contributed by atoms with van der Waals surface area (Å²) < 4.78 is 3.19. The van der Waals surface area contributed by atoms with Crippen molar-refractivity contribution in [3.63, 3.8) is 0 Å². The molecule has 0 saturated carbocycles. The van der Waals surface area contributed by atoms with E-state index in [2.05, 4.69) is 27.6 Å². The maximum Gasteiger partial charge on any atom is 0.0832 e. The van der Waals surface area contributed by atoms with Crippen molar-refractivity contribution in [2.45, 2.75) is 0 Å². The molecule has 0 aliphatic rings. The smallest absolute Gasteiger partial charge is 0.0832 e. The summed E-state index contributed by atoms with van der Waals surface area (Å²) in [5, 5.41) is 0. The van der Waals surface area contributed by atoms with Crippen LogP contribution in [0, 0.1) is 0 Å². The van der Waals surface area contributed by atoms with Crippen LogP contribution in [0.4, 0.5) is 0 Å². The van der Waals surface area contributed by atoms with Gasteiger partial charge in [0.1, 0.15) is 0 Å². The van der Waals surface area contributed by atoms with E-state index >= 15 is 0 Å². The van der Waals surface area contributed by atoms with Crippen LogP contribution in [-0.4, -0.2) is 0 Å². The summed E-state index contributed by atoms with van der Waals surface area (Å²) in [5.41, 5.74) is 0. The summed E-state index contributed by atoms with van der Waals surface area (Å²) >= 11 is 8.53. The molecule has 1 nitrogen and oxygen atoms in total. The average molecular weight is 143 g/mol. The second-order valence-corrected chi connectivity index (χ2v) is 0.525. The molecule has 0 rings (SSSR count). The predicted octanol–water partition coefficient (Wildman–Crippen LogP) is 1.31. The molecule has 28 valence electrons. The number of hydrogen-bond acceptors (Lipinski definition) is 1. The molecule has 0 aliphatic heterocycles. The Morgan fingerprint density at radius 3 is 1.25 bits per heavy atom. The van der Waals surface area contributed by atoms with Gasteiger partial charge in [-0.25, -0.2) is 0 Å². The summed E-state index contributed by atoms with van der Waals surface area (Å²) in [6, 6.07) is 0. The van der Waals surface area contributed by atoms with E-state index < -0.39 is 0 Å². The van der Waals surface area contributed by atoms with Crippen molar-refractivity contribution in [2.75, 3.05) is 0 Å². The molecule has 0 saturated heterocycles. The van der Waals surface area contributed by atoms with Gasteiger partial charge in [-0.2, -0.15) is 3.84 Å². The maximum atomic E-state index is 4.26. The minimum atomic E-state index is 0. The molecule has 0 bridgehead atoms. The Bertz CT molecular complexity index is 6.00. The van der Waals surface area contributed by atoms with E-state index in [0.29, 0.717) is 0 Å². The zero-order valence-corrected chi connectivity index (χ0v) is 4.13. The number of hydrogen-bond donors (Lipinski definition) is 0. The minimum Gasteiger partial charge on any atom is -0.166 e. The van der Waals surface area contributed by atoms with E-state index in [0.717, 1.165) is 0 Å². The van der Waals surface area contributed by atoms with Crippen LogP contribution >= 0.6 is 23.7 Å². The molecule has 4 heavy (non-hydrogen) atoms. The Hall–Kier alpha value is 1.06. The quantitative estimate of drug-likeness (QED) is 0.464. The van der Waals surface area contributed by atoms with Crippen molar-refractivity contribution in [3.05, 3.63) is 0 Å². The van der Waals surface area contributed by atoms with Gasteiger partial charge in [0.05, 0.1) is 23.7 Å². The Labute approximate surface area is 45.0 Å². The predicted molar refractivity (Wildman–Crippen MR) is 12.8 cm³/mol. The minimum absolute atomic E-state index is 0. The van der Waals surface area contributed by atoms with Gasteiger partial charge in [-0.3, -0.25) is 0 Å². The molecule has 0 radical (unpaired) electrons. The van der Waals surface area contributed by atoms with Gasteiger partial charge in [-0.1, -0.05) is 0 Å². The molecule has 0 aromatic carbocycles. The second kappa shape index (κ2) is 8.96. The Balaban J connectivity index is 0. The number of halogens is 2. The van der Waals surface area contributed by atoms with Gasteiger partial charge in [-0.15, -0.1) is 0 Å². The van der Waals surface area contributed by atoms with Gasteiger partial charge in [0, 0.05) is 17.1 Å². The van der Waals surface area contributed by atoms with Crippen molar-refractivity contribution in [1.82, 2.24) is 0 Å². The van der Waals surface area contributed by atoms with Crippen molar-refractivity contribution >= 4 is 23.7 Å². The Kier molecular flexibility index (Phi) is 19.9.